The van der Waals surface area contributed by atoms with Gasteiger partial charge in [-0.25, -0.2) is 4.68 Å². The fourth-order valence-electron chi connectivity index (χ4n) is 1.50. The third kappa shape index (κ3) is 2.61. The average molecular weight is 285 g/mol. The van der Waals surface area contributed by atoms with Gasteiger partial charge in [-0.2, -0.15) is 0 Å². The van der Waals surface area contributed by atoms with Crippen molar-refractivity contribution in [2.75, 3.05) is 13.2 Å². The highest BCUT2D eigenvalue weighted by atomic mass is 35.5. The summed E-state index contributed by atoms with van der Waals surface area (Å²) in [5, 5.41) is 5.31. The second-order valence-corrected chi connectivity index (χ2v) is 4.78. The monoisotopic (exact) mass is 284 g/mol. The van der Waals surface area contributed by atoms with E-state index in [0.29, 0.717) is 22.5 Å². The van der Waals surface area contributed by atoms with Crippen LogP contribution in [0.4, 0.5) is 0 Å². The molecule has 3 rings (SSSR count). The van der Waals surface area contributed by atoms with Crippen LogP contribution in [0.15, 0.2) is 30.5 Å². The normalized spacial score (nSPS) is 17.8. The van der Waals surface area contributed by atoms with E-state index in [1.807, 2.05) is 12.3 Å². The number of benzene rings is 1. The summed E-state index contributed by atoms with van der Waals surface area (Å²) >= 11 is 11.8. The van der Waals surface area contributed by atoms with Crippen LogP contribution < -0.4 is 4.74 Å². The maximum Gasteiger partial charge on any atom is 0.233 e. The van der Waals surface area contributed by atoms with Crippen LogP contribution in [0.1, 0.15) is 0 Å². The van der Waals surface area contributed by atoms with Crippen molar-refractivity contribution in [3.05, 3.63) is 40.5 Å². The molecule has 1 aromatic carbocycles. The van der Waals surface area contributed by atoms with E-state index in [1.165, 1.54) is 0 Å². The Bertz CT molecular complexity index is 567. The van der Waals surface area contributed by atoms with E-state index >= 15 is 0 Å². The standard InChI is InChI=1S/C12H10Cl2N2O2/c13-10-2-1-8(5-11(10)14)16-4-3-12(15-16)18-7-9-6-17-9/h1-5,9H,6-7H2. The lowest BCUT2D eigenvalue weighted by Gasteiger charge is -2.03. The fraction of sp³-hybridized carbons (Fsp3) is 0.250. The lowest BCUT2D eigenvalue weighted by Crippen LogP contribution is -2.05. The molecule has 94 valence electrons. The van der Waals surface area contributed by atoms with Crippen molar-refractivity contribution in [2.24, 2.45) is 0 Å². The minimum Gasteiger partial charge on any atom is -0.474 e. The molecule has 4 nitrogen and oxygen atoms in total. The van der Waals surface area contributed by atoms with Crippen molar-refractivity contribution in [1.82, 2.24) is 9.78 Å². The second kappa shape index (κ2) is 4.80. The van der Waals surface area contributed by atoms with Gasteiger partial charge >= 0.3 is 0 Å². The third-order valence-corrected chi connectivity index (χ3v) is 3.29. The predicted octanol–water partition coefficient (Wildman–Crippen LogP) is 2.96. The SMILES string of the molecule is Clc1ccc(-n2ccc(OCC3CO3)n2)cc1Cl. The fourth-order valence-corrected chi connectivity index (χ4v) is 1.79. The molecule has 0 radical (unpaired) electrons. The van der Waals surface area contributed by atoms with Crippen molar-refractivity contribution in [3.63, 3.8) is 0 Å². The molecule has 0 bridgehead atoms. The number of aromatic nitrogens is 2. The summed E-state index contributed by atoms with van der Waals surface area (Å²) in [6, 6.07) is 7.13. The number of hydrogen-bond donors (Lipinski definition) is 0. The van der Waals surface area contributed by atoms with Crippen molar-refractivity contribution in [2.45, 2.75) is 6.10 Å². The first kappa shape index (κ1) is 11.8. The Morgan fingerprint density at radius 1 is 1.33 bits per heavy atom. The molecule has 6 heteroatoms. The van der Waals surface area contributed by atoms with Crippen LogP contribution in [-0.2, 0) is 4.74 Å². The number of nitrogens with zero attached hydrogens (tertiary/aromatic N) is 2. The van der Waals surface area contributed by atoms with Gasteiger partial charge in [-0.3, -0.25) is 0 Å². The van der Waals surface area contributed by atoms with Gasteiger partial charge in [0.05, 0.1) is 22.3 Å². The van der Waals surface area contributed by atoms with Gasteiger partial charge in [-0.05, 0) is 18.2 Å². The molecule has 0 saturated carbocycles. The van der Waals surface area contributed by atoms with Gasteiger partial charge in [0.1, 0.15) is 12.7 Å². The zero-order valence-electron chi connectivity index (χ0n) is 9.35. The van der Waals surface area contributed by atoms with Crippen LogP contribution in [0.25, 0.3) is 5.69 Å². The molecule has 0 amide bonds. The molecular formula is C12H10Cl2N2O2. The minimum atomic E-state index is 0.222. The van der Waals surface area contributed by atoms with E-state index in [2.05, 4.69) is 5.10 Å². The molecular weight excluding hydrogens is 275 g/mol. The molecule has 1 saturated heterocycles. The molecule has 1 aliphatic rings. The number of hydrogen-bond acceptors (Lipinski definition) is 3. The molecule has 1 aromatic heterocycles. The topological polar surface area (TPSA) is 39.6 Å². The Labute approximate surface area is 114 Å². The summed E-state index contributed by atoms with van der Waals surface area (Å²) in [5.74, 6) is 0.566. The summed E-state index contributed by atoms with van der Waals surface area (Å²) in [6.45, 7) is 1.31. The van der Waals surface area contributed by atoms with E-state index in [1.54, 1.807) is 22.9 Å². The quantitative estimate of drug-likeness (QED) is 0.811. The van der Waals surface area contributed by atoms with Gasteiger partial charge in [0.25, 0.3) is 0 Å². The minimum absolute atomic E-state index is 0.222. The van der Waals surface area contributed by atoms with Gasteiger partial charge in [0, 0.05) is 12.3 Å². The Balaban J connectivity index is 1.76. The van der Waals surface area contributed by atoms with Crippen LogP contribution in [0.5, 0.6) is 5.88 Å². The molecule has 18 heavy (non-hydrogen) atoms. The highest BCUT2D eigenvalue weighted by Crippen LogP contribution is 2.24. The summed E-state index contributed by atoms with van der Waals surface area (Å²) in [5.41, 5.74) is 0.835. The molecule has 1 atom stereocenters. The van der Waals surface area contributed by atoms with Gasteiger partial charge in [0.15, 0.2) is 0 Å². The highest BCUT2D eigenvalue weighted by Gasteiger charge is 2.23. The second-order valence-electron chi connectivity index (χ2n) is 3.96. The summed E-state index contributed by atoms with van der Waals surface area (Å²) < 4.78 is 12.2. The van der Waals surface area contributed by atoms with Gasteiger partial charge < -0.3 is 9.47 Å². The molecule has 0 aliphatic carbocycles. The van der Waals surface area contributed by atoms with Crippen LogP contribution in [-0.4, -0.2) is 29.1 Å². The lowest BCUT2D eigenvalue weighted by molar-refractivity contribution is 0.254. The molecule has 2 heterocycles. The molecule has 1 unspecified atom stereocenters. The molecule has 1 fully saturated rings. The van der Waals surface area contributed by atoms with Gasteiger partial charge in [-0.1, -0.05) is 23.2 Å². The Kier molecular flexibility index (Phi) is 3.16. The maximum atomic E-state index is 5.96. The molecule has 0 spiro atoms. The van der Waals surface area contributed by atoms with Crippen molar-refractivity contribution in [3.8, 4) is 11.6 Å². The number of halogens is 2. The van der Waals surface area contributed by atoms with Crippen molar-refractivity contribution in [1.29, 1.82) is 0 Å². The average Bonchev–Trinajstić information content (AvgIpc) is 3.08. The first-order chi connectivity index (χ1) is 8.72. The third-order valence-electron chi connectivity index (χ3n) is 2.55. The van der Waals surface area contributed by atoms with Crippen LogP contribution in [0.3, 0.4) is 0 Å². The Morgan fingerprint density at radius 2 is 2.17 bits per heavy atom. The number of rotatable bonds is 4. The van der Waals surface area contributed by atoms with E-state index < -0.39 is 0 Å². The number of epoxide rings is 1. The molecule has 2 aromatic rings. The molecule has 1 aliphatic heterocycles. The summed E-state index contributed by atoms with van der Waals surface area (Å²) in [7, 11) is 0. The van der Waals surface area contributed by atoms with E-state index in [4.69, 9.17) is 32.7 Å². The largest absolute Gasteiger partial charge is 0.474 e. The van der Waals surface area contributed by atoms with Crippen LogP contribution in [0, 0.1) is 0 Å². The first-order valence-corrected chi connectivity index (χ1v) is 6.23. The zero-order valence-corrected chi connectivity index (χ0v) is 10.9. The summed E-state index contributed by atoms with van der Waals surface area (Å²) in [4.78, 5) is 0. The Morgan fingerprint density at radius 3 is 2.89 bits per heavy atom. The van der Waals surface area contributed by atoms with E-state index in [9.17, 15) is 0 Å². The van der Waals surface area contributed by atoms with Gasteiger partial charge in [-0.15, -0.1) is 5.10 Å². The Hall–Kier alpha value is -1.23. The van der Waals surface area contributed by atoms with Gasteiger partial charge in [0.2, 0.25) is 5.88 Å². The maximum absolute atomic E-state index is 5.96. The van der Waals surface area contributed by atoms with Crippen molar-refractivity contribution < 1.29 is 9.47 Å². The van der Waals surface area contributed by atoms with Crippen LogP contribution >= 0.6 is 23.2 Å². The van der Waals surface area contributed by atoms with E-state index in [-0.39, 0.29) is 6.10 Å². The first-order valence-electron chi connectivity index (χ1n) is 5.48. The molecule has 0 N–H and O–H groups in total. The highest BCUT2D eigenvalue weighted by molar-refractivity contribution is 6.42. The van der Waals surface area contributed by atoms with Crippen molar-refractivity contribution >= 4 is 23.2 Å². The van der Waals surface area contributed by atoms with Crippen LogP contribution in [0.2, 0.25) is 10.0 Å². The predicted molar refractivity (Wildman–Crippen MR) is 68.8 cm³/mol. The zero-order chi connectivity index (χ0) is 12.5. The number of ether oxygens (including phenoxy) is 2. The summed E-state index contributed by atoms with van der Waals surface area (Å²) in [6.07, 6.45) is 2.03. The smallest absolute Gasteiger partial charge is 0.233 e. The lowest BCUT2D eigenvalue weighted by atomic mass is 10.3. The van der Waals surface area contributed by atoms with E-state index in [0.717, 1.165) is 12.3 Å².